The van der Waals surface area contributed by atoms with Crippen LogP contribution in [0.1, 0.15) is 33.7 Å². The van der Waals surface area contributed by atoms with Crippen molar-refractivity contribution in [1.82, 2.24) is 9.38 Å². The van der Waals surface area contributed by atoms with E-state index in [0.29, 0.717) is 18.0 Å². The molecule has 0 aliphatic carbocycles. The first-order valence-electron chi connectivity index (χ1n) is 15.0. The van der Waals surface area contributed by atoms with Gasteiger partial charge in [-0.25, -0.2) is 4.98 Å². The van der Waals surface area contributed by atoms with Crippen molar-refractivity contribution >= 4 is 34.4 Å². The third kappa shape index (κ3) is 6.07. The second-order valence-electron chi connectivity index (χ2n) is 11.3. The Labute approximate surface area is 257 Å². The summed E-state index contributed by atoms with van der Waals surface area (Å²) >= 11 is 0. The van der Waals surface area contributed by atoms with E-state index in [1.807, 2.05) is 85.9 Å². The number of fused-ring (bicyclic) bond motifs is 1. The molecule has 2 aromatic carbocycles. The first-order valence-corrected chi connectivity index (χ1v) is 15.0. The number of nitrogens with one attached hydrogen (secondary N) is 1. The van der Waals surface area contributed by atoms with Gasteiger partial charge in [0.1, 0.15) is 11.5 Å². The number of aryl methyl sites for hydroxylation is 2. The first-order chi connectivity index (χ1) is 21.4. The molecule has 0 spiro atoms. The Bertz CT molecular complexity index is 1790. The number of aromatic nitrogens is 2. The molecular weight excluding hydrogens is 550 g/mol. The van der Waals surface area contributed by atoms with Gasteiger partial charge in [-0.1, -0.05) is 36.4 Å². The summed E-state index contributed by atoms with van der Waals surface area (Å²) in [5, 5.41) is 2.86. The Morgan fingerprint density at radius 1 is 0.864 bits per heavy atom. The van der Waals surface area contributed by atoms with Crippen molar-refractivity contribution in [3.05, 3.63) is 114 Å². The van der Waals surface area contributed by atoms with Gasteiger partial charge < -0.3 is 24.3 Å². The fourth-order valence-corrected chi connectivity index (χ4v) is 6.10. The number of nitrogens with zero attached hydrogens (tertiary/aromatic N) is 4. The lowest BCUT2D eigenvalue weighted by Gasteiger charge is -2.27. The minimum atomic E-state index is -0.687. The van der Waals surface area contributed by atoms with E-state index in [1.165, 1.54) is 5.56 Å². The summed E-state index contributed by atoms with van der Waals surface area (Å²) in [6.07, 6.45) is 2.80. The lowest BCUT2D eigenvalue weighted by molar-refractivity contribution is -0.112. The Balaban J connectivity index is 1.22. The molecule has 0 saturated carbocycles. The molecule has 1 N–H and O–H groups in total. The standard InChI is InChI=1S/C36H37N5O3/c1-25-20-26(2)37-33(21-25)40-16-9-15-39(18-19-40)32-14-13-29(22-28(32)24-44-3)38-36(43)35(42)34-31(27-10-5-4-6-11-27)23-30-12-7-8-17-41(30)34/h4-8,10-14,17,20-23H,9,15-16,18-19,24H2,1-3H3,(H,38,43). The van der Waals surface area contributed by atoms with Crippen molar-refractivity contribution in [2.75, 3.05) is 48.4 Å². The number of carbonyl (C=O) groups is 2. The zero-order valence-corrected chi connectivity index (χ0v) is 25.4. The second kappa shape index (κ2) is 12.7. The molecule has 3 aromatic heterocycles. The monoisotopic (exact) mass is 587 g/mol. The largest absolute Gasteiger partial charge is 0.380 e. The van der Waals surface area contributed by atoms with Crippen molar-refractivity contribution in [1.29, 1.82) is 0 Å². The fraction of sp³-hybridized carbons (Fsp3) is 0.250. The highest BCUT2D eigenvalue weighted by Gasteiger charge is 2.25. The quantitative estimate of drug-likeness (QED) is 0.170. The molecule has 1 saturated heterocycles. The summed E-state index contributed by atoms with van der Waals surface area (Å²) in [5.74, 6) is -0.260. The smallest absolute Gasteiger partial charge is 0.298 e. The number of hydrogen-bond donors (Lipinski definition) is 1. The summed E-state index contributed by atoms with van der Waals surface area (Å²) in [6, 6.07) is 27.3. The molecule has 6 rings (SSSR count). The van der Waals surface area contributed by atoms with Crippen LogP contribution in [0.3, 0.4) is 0 Å². The maximum Gasteiger partial charge on any atom is 0.298 e. The van der Waals surface area contributed by atoms with Crippen molar-refractivity contribution in [2.24, 2.45) is 0 Å². The normalized spacial score (nSPS) is 13.6. The molecule has 0 bridgehead atoms. The van der Waals surface area contributed by atoms with Crippen molar-refractivity contribution in [2.45, 2.75) is 26.9 Å². The number of rotatable bonds is 8. The molecule has 44 heavy (non-hydrogen) atoms. The topological polar surface area (TPSA) is 79.2 Å². The fourth-order valence-electron chi connectivity index (χ4n) is 6.10. The van der Waals surface area contributed by atoms with Gasteiger partial charge in [-0.3, -0.25) is 9.59 Å². The molecule has 8 nitrogen and oxygen atoms in total. The summed E-state index contributed by atoms with van der Waals surface area (Å²) in [4.78, 5) is 36.6. The molecule has 0 atom stereocenters. The Morgan fingerprint density at radius 3 is 2.43 bits per heavy atom. The third-order valence-corrected chi connectivity index (χ3v) is 8.07. The summed E-state index contributed by atoms with van der Waals surface area (Å²) < 4.78 is 7.33. The van der Waals surface area contributed by atoms with Gasteiger partial charge in [-0.05, 0) is 79.9 Å². The predicted molar refractivity (Wildman–Crippen MR) is 176 cm³/mol. The lowest BCUT2D eigenvalue weighted by Crippen LogP contribution is -2.32. The van der Waals surface area contributed by atoms with E-state index in [1.54, 1.807) is 11.5 Å². The maximum absolute atomic E-state index is 13.7. The van der Waals surface area contributed by atoms with Gasteiger partial charge in [0.05, 0.1) is 6.61 Å². The van der Waals surface area contributed by atoms with Gasteiger partial charge in [-0.2, -0.15) is 0 Å². The van der Waals surface area contributed by atoms with Crippen LogP contribution in [0.15, 0.2) is 91.1 Å². The van der Waals surface area contributed by atoms with Crippen LogP contribution in [0.5, 0.6) is 0 Å². The number of methoxy groups -OCH3 is 1. The zero-order valence-electron chi connectivity index (χ0n) is 25.4. The number of ketones is 1. The van der Waals surface area contributed by atoms with Crippen LogP contribution in [0.25, 0.3) is 16.6 Å². The van der Waals surface area contributed by atoms with Crippen molar-refractivity contribution in [3.63, 3.8) is 0 Å². The van der Waals surface area contributed by atoms with Gasteiger partial charge in [0.15, 0.2) is 0 Å². The molecule has 0 unspecified atom stereocenters. The van der Waals surface area contributed by atoms with Crippen molar-refractivity contribution in [3.8, 4) is 11.1 Å². The van der Waals surface area contributed by atoms with Crippen LogP contribution in [-0.4, -0.2) is 54.4 Å². The van der Waals surface area contributed by atoms with Crippen LogP contribution in [0, 0.1) is 13.8 Å². The number of carbonyl (C=O) groups excluding carboxylic acids is 2. The molecule has 5 aromatic rings. The van der Waals surface area contributed by atoms with Crippen LogP contribution in [-0.2, 0) is 16.1 Å². The van der Waals surface area contributed by atoms with Gasteiger partial charge in [0.2, 0.25) is 0 Å². The van der Waals surface area contributed by atoms with Gasteiger partial charge >= 0.3 is 0 Å². The lowest BCUT2D eigenvalue weighted by atomic mass is 10.0. The van der Waals surface area contributed by atoms with E-state index < -0.39 is 11.7 Å². The number of Topliss-reactive ketones (excluding diaryl/α,β-unsaturated/α-hetero) is 1. The molecule has 0 radical (unpaired) electrons. The number of hydrogen-bond acceptors (Lipinski definition) is 6. The van der Waals surface area contributed by atoms with E-state index in [2.05, 4.69) is 34.2 Å². The SMILES string of the molecule is COCc1cc(NC(=O)C(=O)c2c(-c3ccccc3)cc3ccccn23)ccc1N1CCCN(c2cc(C)cc(C)n2)CC1. The van der Waals surface area contributed by atoms with E-state index in [0.717, 1.165) is 72.0 Å². The maximum atomic E-state index is 13.7. The second-order valence-corrected chi connectivity index (χ2v) is 11.3. The number of anilines is 3. The molecule has 8 heteroatoms. The average Bonchev–Trinajstić information content (AvgIpc) is 3.24. The Kier molecular flexibility index (Phi) is 8.43. The Morgan fingerprint density at radius 2 is 1.64 bits per heavy atom. The van der Waals surface area contributed by atoms with Crippen LogP contribution in [0.4, 0.5) is 17.2 Å². The highest BCUT2D eigenvalue weighted by atomic mass is 16.5. The van der Waals surface area contributed by atoms with E-state index in [9.17, 15) is 9.59 Å². The van der Waals surface area contributed by atoms with Gasteiger partial charge in [0, 0.05) is 73.2 Å². The molecule has 1 aliphatic rings. The molecule has 4 heterocycles. The minimum Gasteiger partial charge on any atom is -0.380 e. The van der Waals surface area contributed by atoms with Gasteiger partial charge in [0.25, 0.3) is 11.7 Å². The van der Waals surface area contributed by atoms with Crippen molar-refractivity contribution < 1.29 is 14.3 Å². The molecular formula is C36H37N5O3. The molecule has 1 aliphatic heterocycles. The summed E-state index contributed by atoms with van der Waals surface area (Å²) in [7, 11) is 1.66. The van der Waals surface area contributed by atoms with Crippen LogP contribution in [0.2, 0.25) is 0 Å². The van der Waals surface area contributed by atoms with Crippen LogP contribution < -0.4 is 15.1 Å². The summed E-state index contributed by atoms with van der Waals surface area (Å²) in [6.45, 7) is 8.04. The van der Waals surface area contributed by atoms with E-state index in [-0.39, 0.29) is 0 Å². The van der Waals surface area contributed by atoms with E-state index in [4.69, 9.17) is 9.72 Å². The molecule has 1 amide bonds. The zero-order chi connectivity index (χ0) is 30.6. The number of benzene rings is 2. The van der Waals surface area contributed by atoms with Gasteiger partial charge in [-0.15, -0.1) is 0 Å². The third-order valence-electron chi connectivity index (χ3n) is 8.07. The highest BCUT2D eigenvalue weighted by Crippen LogP contribution is 2.30. The molecule has 1 fully saturated rings. The van der Waals surface area contributed by atoms with E-state index >= 15 is 0 Å². The summed E-state index contributed by atoms with van der Waals surface area (Å²) in [5.41, 5.74) is 7.60. The predicted octanol–water partition coefficient (Wildman–Crippen LogP) is 6.30. The van der Waals surface area contributed by atoms with Crippen LogP contribution >= 0.6 is 0 Å². The molecule has 224 valence electrons. The Hall–Kier alpha value is -4.95. The first kappa shape index (κ1) is 29.1. The number of amides is 1. The average molecular weight is 588 g/mol. The number of pyridine rings is 2. The minimum absolute atomic E-state index is 0.338. The number of ether oxygens (including phenoxy) is 1. The highest BCUT2D eigenvalue weighted by molar-refractivity contribution is 6.47.